The highest BCUT2D eigenvalue weighted by atomic mass is 32.2. The van der Waals surface area contributed by atoms with E-state index in [1.807, 2.05) is 6.92 Å². The van der Waals surface area contributed by atoms with E-state index in [-0.39, 0.29) is 11.4 Å². The Bertz CT molecular complexity index is 622. The third kappa shape index (κ3) is 3.86. The summed E-state index contributed by atoms with van der Waals surface area (Å²) in [6, 6.07) is 6.78. The van der Waals surface area contributed by atoms with Crippen LogP contribution in [0.4, 0.5) is 0 Å². The SMILES string of the molecule is CCNCc1ccc(S(=O)(=O)NCc2ncn[nH]2)cc1. The highest BCUT2D eigenvalue weighted by Gasteiger charge is 2.14. The van der Waals surface area contributed by atoms with Crippen LogP contribution in [0.25, 0.3) is 0 Å². The van der Waals surface area contributed by atoms with E-state index < -0.39 is 10.0 Å². The Balaban J connectivity index is 2.01. The number of nitrogens with zero attached hydrogens (tertiary/aromatic N) is 2. The minimum Gasteiger partial charge on any atom is -0.313 e. The Morgan fingerprint density at radius 1 is 1.20 bits per heavy atom. The van der Waals surface area contributed by atoms with Crippen molar-refractivity contribution >= 4 is 10.0 Å². The fourth-order valence-corrected chi connectivity index (χ4v) is 2.61. The normalized spacial score (nSPS) is 11.7. The van der Waals surface area contributed by atoms with Crippen molar-refractivity contribution in [2.45, 2.75) is 24.9 Å². The number of rotatable bonds is 7. The van der Waals surface area contributed by atoms with Crippen LogP contribution in [-0.4, -0.2) is 30.1 Å². The van der Waals surface area contributed by atoms with Crippen LogP contribution in [0.2, 0.25) is 0 Å². The molecule has 0 saturated heterocycles. The van der Waals surface area contributed by atoms with Crippen LogP contribution in [-0.2, 0) is 23.1 Å². The van der Waals surface area contributed by atoms with Gasteiger partial charge in [0.1, 0.15) is 12.2 Å². The van der Waals surface area contributed by atoms with E-state index in [0.29, 0.717) is 5.82 Å². The van der Waals surface area contributed by atoms with Crippen LogP contribution in [0.3, 0.4) is 0 Å². The zero-order valence-corrected chi connectivity index (χ0v) is 11.9. The molecule has 7 nitrogen and oxygen atoms in total. The highest BCUT2D eigenvalue weighted by molar-refractivity contribution is 7.89. The molecular formula is C12H17N5O2S. The molecule has 0 unspecified atom stereocenters. The van der Waals surface area contributed by atoms with Crippen LogP contribution in [0.15, 0.2) is 35.5 Å². The number of nitrogens with one attached hydrogen (secondary N) is 3. The lowest BCUT2D eigenvalue weighted by molar-refractivity contribution is 0.579. The maximum atomic E-state index is 12.1. The van der Waals surface area contributed by atoms with Gasteiger partial charge in [-0.05, 0) is 24.2 Å². The van der Waals surface area contributed by atoms with Crippen LogP contribution >= 0.6 is 0 Å². The average Bonchev–Trinajstić information content (AvgIpc) is 2.97. The van der Waals surface area contributed by atoms with Gasteiger partial charge in [-0.3, -0.25) is 5.10 Å². The summed E-state index contributed by atoms with van der Waals surface area (Å²) in [6.45, 7) is 3.70. The van der Waals surface area contributed by atoms with Gasteiger partial charge in [-0.25, -0.2) is 18.1 Å². The van der Waals surface area contributed by atoms with Crippen molar-refractivity contribution in [1.82, 2.24) is 25.2 Å². The third-order valence-electron chi connectivity index (χ3n) is 2.71. The predicted molar refractivity (Wildman–Crippen MR) is 74.2 cm³/mol. The van der Waals surface area contributed by atoms with Crippen LogP contribution in [0, 0.1) is 0 Å². The zero-order valence-electron chi connectivity index (χ0n) is 11.1. The summed E-state index contributed by atoms with van der Waals surface area (Å²) >= 11 is 0. The summed E-state index contributed by atoms with van der Waals surface area (Å²) in [4.78, 5) is 4.09. The van der Waals surface area contributed by atoms with Gasteiger partial charge in [-0.2, -0.15) is 5.10 Å². The molecule has 1 heterocycles. The number of aromatic nitrogens is 3. The Hall–Kier alpha value is -1.77. The molecule has 0 radical (unpaired) electrons. The smallest absolute Gasteiger partial charge is 0.240 e. The van der Waals surface area contributed by atoms with Gasteiger partial charge in [0, 0.05) is 6.54 Å². The molecule has 0 atom stereocenters. The van der Waals surface area contributed by atoms with Crippen molar-refractivity contribution in [2.75, 3.05) is 6.54 Å². The maximum Gasteiger partial charge on any atom is 0.240 e. The highest BCUT2D eigenvalue weighted by Crippen LogP contribution is 2.10. The Kier molecular flexibility index (Phi) is 4.83. The van der Waals surface area contributed by atoms with Crippen LogP contribution in [0.1, 0.15) is 18.3 Å². The fraction of sp³-hybridized carbons (Fsp3) is 0.333. The van der Waals surface area contributed by atoms with Gasteiger partial charge in [0.25, 0.3) is 0 Å². The summed E-state index contributed by atoms with van der Waals surface area (Å²) in [7, 11) is -3.53. The largest absolute Gasteiger partial charge is 0.313 e. The van der Waals surface area contributed by atoms with Gasteiger partial charge in [0.15, 0.2) is 0 Å². The van der Waals surface area contributed by atoms with Crippen molar-refractivity contribution in [1.29, 1.82) is 0 Å². The molecule has 0 aliphatic carbocycles. The quantitative estimate of drug-likeness (QED) is 0.686. The molecule has 0 aliphatic heterocycles. The molecule has 0 bridgehead atoms. The molecule has 0 spiro atoms. The lowest BCUT2D eigenvalue weighted by atomic mass is 10.2. The van der Waals surface area contributed by atoms with E-state index in [0.717, 1.165) is 18.7 Å². The topological polar surface area (TPSA) is 99.8 Å². The van der Waals surface area contributed by atoms with Crippen molar-refractivity contribution < 1.29 is 8.42 Å². The third-order valence-corrected chi connectivity index (χ3v) is 4.12. The van der Waals surface area contributed by atoms with Gasteiger partial charge < -0.3 is 5.32 Å². The van der Waals surface area contributed by atoms with Gasteiger partial charge in [0.05, 0.1) is 11.4 Å². The van der Waals surface area contributed by atoms with Gasteiger partial charge in [-0.15, -0.1) is 0 Å². The first-order chi connectivity index (χ1) is 9.62. The minimum atomic E-state index is -3.53. The first-order valence-corrected chi connectivity index (χ1v) is 7.73. The number of benzene rings is 1. The fourth-order valence-electron chi connectivity index (χ4n) is 1.62. The molecule has 0 amide bonds. The van der Waals surface area contributed by atoms with Crippen molar-refractivity contribution in [2.24, 2.45) is 0 Å². The summed E-state index contributed by atoms with van der Waals surface area (Å²) in [5, 5.41) is 9.44. The number of sulfonamides is 1. The monoisotopic (exact) mass is 295 g/mol. The van der Waals surface area contributed by atoms with E-state index >= 15 is 0 Å². The lowest BCUT2D eigenvalue weighted by Crippen LogP contribution is -2.24. The van der Waals surface area contributed by atoms with Crippen molar-refractivity contribution in [3.63, 3.8) is 0 Å². The average molecular weight is 295 g/mol. The number of H-pyrrole nitrogens is 1. The Morgan fingerprint density at radius 2 is 1.95 bits per heavy atom. The second-order valence-electron chi connectivity index (χ2n) is 4.18. The molecule has 0 saturated carbocycles. The molecule has 2 rings (SSSR count). The molecule has 1 aromatic carbocycles. The van der Waals surface area contributed by atoms with Gasteiger partial charge >= 0.3 is 0 Å². The van der Waals surface area contributed by atoms with Gasteiger partial charge in [-0.1, -0.05) is 19.1 Å². The summed E-state index contributed by atoms with van der Waals surface area (Å²) < 4.78 is 26.6. The molecule has 20 heavy (non-hydrogen) atoms. The summed E-state index contributed by atoms with van der Waals surface area (Å²) in [5.41, 5.74) is 1.04. The lowest BCUT2D eigenvalue weighted by Gasteiger charge is -2.07. The van der Waals surface area contributed by atoms with E-state index in [1.165, 1.54) is 6.33 Å². The van der Waals surface area contributed by atoms with E-state index in [1.54, 1.807) is 24.3 Å². The molecule has 2 aromatic rings. The second kappa shape index (κ2) is 6.60. The summed E-state index contributed by atoms with van der Waals surface area (Å²) in [5.74, 6) is 0.470. The first kappa shape index (κ1) is 14.6. The van der Waals surface area contributed by atoms with Crippen molar-refractivity contribution in [3.05, 3.63) is 42.0 Å². The summed E-state index contributed by atoms with van der Waals surface area (Å²) in [6.07, 6.45) is 1.33. The number of hydrogen-bond acceptors (Lipinski definition) is 5. The maximum absolute atomic E-state index is 12.1. The van der Waals surface area contributed by atoms with E-state index in [2.05, 4.69) is 25.2 Å². The molecular weight excluding hydrogens is 278 g/mol. The minimum absolute atomic E-state index is 0.0848. The predicted octanol–water partition coefficient (Wildman–Crippen LogP) is 0.393. The number of aromatic amines is 1. The standard InChI is InChI=1S/C12H17N5O2S/c1-2-13-7-10-3-5-11(6-4-10)20(18,19)16-8-12-14-9-15-17-12/h3-6,9,13,16H,2,7-8H2,1H3,(H,14,15,17). The molecule has 1 aromatic heterocycles. The molecule has 8 heteroatoms. The molecule has 0 fully saturated rings. The first-order valence-electron chi connectivity index (χ1n) is 6.25. The molecule has 108 valence electrons. The van der Waals surface area contributed by atoms with Crippen molar-refractivity contribution in [3.8, 4) is 0 Å². The Labute approximate surface area is 117 Å². The second-order valence-corrected chi connectivity index (χ2v) is 5.95. The number of hydrogen-bond donors (Lipinski definition) is 3. The Morgan fingerprint density at radius 3 is 2.55 bits per heavy atom. The van der Waals surface area contributed by atoms with Gasteiger partial charge in [0.2, 0.25) is 10.0 Å². The van der Waals surface area contributed by atoms with Crippen LogP contribution < -0.4 is 10.0 Å². The zero-order chi connectivity index (χ0) is 14.4. The molecule has 0 aliphatic rings. The van der Waals surface area contributed by atoms with E-state index in [9.17, 15) is 8.42 Å². The van der Waals surface area contributed by atoms with E-state index in [4.69, 9.17) is 0 Å². The van der Waals surface area contributed by atoms with Crippen LogP contribution in [0.5, 0.6) is 0 Å². The molecule has 3 N–H and O–H groups in total.